The van der Waals surface area contributed by atoms with E-state index in [1.54, 1.807) is 18.3 Å². The monoisotopic (exact) mass is 470 g/mol. The van der Waals surface area contributed by atoms with E-state index in [0.29, 0.717) is 47.0 Å². The Kier molecular flexibility index (Phi) is 5.93. The Labute approximate surface area is 202 Å². The highest BCUT2D eigenvalue weighted by atomic mass is 19.1. The van der Waals surface area contributed by atoms with Crippen LogP contribution < -0.4 is 16.0 Å². The van der Waals surface area contributed by atoms with E-state index in [9.17, 15) is 19.7 Å². The molecule has 176 valence electrons. The van der Waals surface area contributed by atoms with E-state index in [4.69, 9.17) is 5.73 Å². The Morgan fingerprint density at radius 2 is 1.97 bits per heavy atom. The number of nitrogens with one attached hydrogen (secondary N) is 1. The number of halogens is 1. The van der Waals surface area contributed by atoms with Crippen LogP contribution in [0, 0.1) is 35.0 Å². The first-order valence-corrected chi connectivity index (χ1v) is 10.8. The Morgan fingerprint density at radius 3 is 2.63 bits per heavy atom. The van der Waals surface area contributed by atoms with Gasteiger partial charge in [-0.2, -0.15) is 10.5 Å². The first-order chi connectivity index (χ1) is 16.5. The lowest BCUT2D eigenvalue weighted by molar-refractivity contribution is 0.102. The van der Waals surface area contributed by atoms with Gasteiger partial charge in [0.05, 0.1) is 34.6 Å². The molecule has 0 aliphatic carbocycles. The molecule has 0 radical (unpaired) electrons. The average molecular weight is 471 g/mol. The Bertz CT molecular complexity index is 1390. The zero-order valence-corrected chi connectivity index (χ0v) is 19.5. The molecule has 4 heterocycles. The average Bonchev–Trinajstić information content (AvgIpc) is 2.82. The molecule has 1 aliphatic heterocycles. The number of alkyl halides is 1. The van der Waals surface area contributed by atoms with E-state index >= 15 is 0 Å². The largest absolute Gasteiger partial charge is 0.352 e. The van der Waals surface area contributed by atoms with Crippen molar-refractivity contribution in [3.63, 3.8) is 0 Å². The van der Waals surface area contributed by atoms with Crippen LogP contribution in [0.2, 0.25) is 0 Å². The Morgan fingerprint density at radius 1 is 1.23 bits per heavy atom. The van der Waals surface area contributed by atoms with E-state index in [1.165, 1.54) is 24.5 Å². The van der Waals surface area contributed by atoms with Crippen LogP contribution in [0.4, 0.5) is 15.9 Å². The highest BCUT2D eigenvalue weighted by molar-refractivity contribution is 6.04. The molecule has 1 amide bonds. The highest BCUT2D eigenvalue weighted by Gasteiger charge is 2.40. The zero-order valence-electron chi connectivity index (χ0n) is 19.5. The maximum Gasteiger partial charge on any atom is 0.255 e. The van der Waals surface area contributed by atoms with Gasteiger partial charge < -0.3 is 10.2 Å². The lowest BCUT2D eigenvalue weighted by Crippen LogP contribution is -2.54. The van der Waals surface area contributed by atoms with Gasteiger partial charge in [-0.25, -0.2) is 9.37 Å². The van der Waals surface area contributed by atoms with Crippen molar-refractivity contribution in [2.45, 2.75) is 26.6 Å². The van der Waals surface area contributed by atoms with Crippen LogP contribution in [0.3, 0.4) is 0 Å². The van der Waals surface area contributed by atoms with E-state index in [1.807, 2.05) is 18.7 Å². The molecule has 1 fully saturated rings. The maximum absolute atomic E-state index is 14.0. The molecule has 1 atom stereocenters. The lowest BCUT2D eigenvalue weighted by atomic mass is 9.83. The molecule has 0 spiro atoms. The Balaban J connectivity index is 1.59. The summed E-state index contributed by atoms with van der Waals surface area (Å²) in [7, 11) is 0. The number of aryl methyl sites for hydroxylation is 1. The third-order valence-electron chi connectivity index (χ3n) is 5.81. The van der Waals surface area contributed by atoms with Gasteiger partial charge >= 0.3 is 0 Å². The van der Waals surface area contributed by atoms with E-state index in [-0.39, 0.29) is 11.3 Å². The summed E-state index contributed by atoms with van der Waals surface area (Å²) in [6.07, 6.45) is 4.48. The van der Waals surface area contributed by atoms with Gasteiger partial charge in [0.15, 0.2) is 5.79 Å². The molecule has 3 N–H and O–H groups in total. The van der Waals surface area contributed by atoms with Gasteiger partial charge in [-0.1, -0.05) is 0 Å². The fourth-order valence-corrected chi connectivity index (χ4v) is 3.89. The second kappa shape index (κ2) is 8.75. The minimum atomic E-state index is -2.17. The quantitative estimate of drug-likeness (QED) is 0.540. The number of pyridine rings is 3. The summed E-state index contributed by atoms with van der Waals surface area (Å²) in [5.74, 6) is -2.11. The summed E-state index contributed by atoms with van der Waals surface area (Å²) in [5, 5.41) is 21.7. The predicted octanol–water partition coefficient (Wildman–Crippen LogP) is 3.42. The topological polar surface area (TPSA) is 145 Å². The number of nitrogens with zero attached hydrogens (tertiary/aromatic N) is 6. The molecule has 0 aromatic carbocycles. The van der Waals surface area contributed by atoms with Gasteiger partial charge in [0.1, 0.15) is 11.9 Å². The number of carbonyl (C=O) groups is 1. The van der Waals surface area contributed by atoms with Gasteiger partial charge in [-0.15, -0.1) is 0 Å². The van der Waals surface area contributed by atoms with Crippen molar-refractivity contribution in [3.8, 4) is 23.3 Å². The first kappa shape index (κ1) is 23.7. The van der Waals surface area contributed by atoms with Crippen LogP contribution >= 0.6 is 0 Å². The number of rotatable bonds is 5. The second-order valence-electron chi connectivity index (χ2n) is 9.05. The van der Waals surface area contributed by atoms with Crippen LogP contribution in [-0.2, 0) is 5.79 Å². The van der Waals surface area contributed by atoms with Gasteiger partial charge in [0.2, 0.25) is 0 Å². The fourth-order valence-electron chi connectivity index (χ4n) is 3.89. The second-order valence-corrected chi connectivity index (χ2v) is 9.05. The lowest BCUT2D eigenvalue weighted by Gasteiger charge is -2.44. The molecule has 0 saturated carbocycles. The van der Waals surface area contributed by atoms with E-state index in [0.717, 1.165) is 6.92 Å². The number of nitrogens with two attached hydrogens (primary N) is 1. The summed E-state index contributed by atoms with van der Waals surface area (Å²) in [4.78, 5) is 27.4. The van der Waals surface area contributed by atoms with Crippen LogP contribution in [-0.4, -0.2) is 33.9 Å². The summed E-state index contributed by atoms with van der Waals surface area (Å²) >= 11 is 0. The first-order valence-electron chi connectivity index (χ1n) is 10.8. The molecular weight excluding hydrogens is 447 g/mol. The molecule has 10 heteroatoms. The summed E-state index contributed by atoms with van der Waals surface area (Å²) in [5.41, 5.74) is 7.99. The van der Waals surface area contributed by atoms with Crippen molar-refractivity contribution in [2.24, 2.45) is 11.1 Å². The molecular formula is C25H23FN8O. The molecule has 1 saturated heterocycles. The number of hydrogen-bond donors (Lipinski definition) is 2. The maximum atomic E-state index is 14.0. The molecule has 35 heavy (non-hydrogen) atoms. The number of anilines is 2. The van der Waals surface area contributed by atoms with Crippen molar-refractivity contribution >= 4 is 17.4 Å². The van der Waals surface area contributed by atoms with E-state index < -0.39 is 17.1 Å². The highest BCUT2D eigenvalue weighted by Crippen LogP contribution is 2.35. The molecule has 1 unspecified atom stereocenters. The third-order valence-corrected chi connectivity index (χ3v) is 5.81. The number of aromatic nitrogens is 3. The van der Waals surface area contributed by atoms with Crippen molar-refractivity contribution in [2.75, 3.05) is 23.3 Å². The Hall–Kier alpha value is -4.41. The molecule has 4 rings (SSSR count). The summed E-state index contributed by atoms with van der Waals surface area (Å²) in [6, 6.07) is 10.7. The number of nitriles is 2. The fraction of sp³-hybridized carbons (Fsp3) is 0.280. The van der Waals surface area contributed by atoms with Gasteiger partial charge in [-0.05, 0) is 45.0 Å². The van der Waals surface area contributed by atoms with Crippen molar-refractivity contribution in [1.29, 1.82) is 10.5 Å². The van der Waals surface area contributed by atoms with Crippen molar-refractivity contribution < 1.29 is 9.18 Å². The molecule has 1 aliphatic rings. The number of carbonyl (C=O) groups excluding carboxylic acids is 1. The van der Waals surface area contributed by atoms with Gasteiger partial charge in [0, 0.05) is 47.9 Å². The van der Waals surface area contributed by atoms with Crippen molar-refractivity contribution in [3.05, 3.63) is 65.4 Å². The normalized spacial score (nSPS) is 15.8. The molecule has 3 aromatic heterocycles. The molecule has 3 aromatic rings. The number of hydrogen-bond acceptors (Lipinski definition) is 8. The smallest absolute Gasteiger partial charge is 0.255 e. The van der Waals surface area contributed by atoms with Crippen molar-refractivity contribution in [1.82, 2.24) is 15.0 Å². The predicted molar refractivity (Wildman–Crippen MR) is 128 cm³/mol. The minimum absolute atomic E-state index is 0.0552. The van der Waals surface area contributed by atoms with Gasteiger partial charge in [-0.3, -0.25) is 20.5 Å². The molecule has 9 nitrogen and oxygen atoms in total. The SMILES string of the molecule is Cc1ncc(NC(=O)c2ccnc(C(C)(N)F)c2)cc1-c1cnc(N2CC(C)(C#N)C2)c(C#N)c1. The zero-order chi connectivity index (χ0) is 25.4. The summed E-state index contributed by atoms with van der Waals surface area (Å²) < 4.78 is 14.0. The summed E-state index contributed by atoms with van der Waals surface area (Å²) in [6.45, 7) is 5.86. The minimum Gasteiger partial charge on any atom is -0.352 e. The third kappa shape index (κ3) is 4.79. The number of amides is 1. The van der Waals surface area contributed by atoms with Gasteiger partial charge in [0.25, 0.3) is 5.91 Å². The molecule has 0 bridgehead atoms. The van der Waals surface area contributed by atoms with Crippen LogP contribution in [0.25, 0.3) is 11.1 Å². The van der Waals surface area contributed by atoms with Crippen LogP contribution in [0.1, 0.15) is 41.2 Å². The van der Waals surface area contributed by atoms with Crippen LogP contribution in [0.15, 0.2) is 42.9 Å². The van der Waals surface area contributed by atoms with Crippen LogP contribution in [0.5, 0.6) is 0 Å². The van der Waals surface area contributed by atoms with E-state index in [2.05, 4.69) is 32.4 Å². The standard InChI is InChI=1S/C25H23FN8O/c1-15-20(18-6-17(9-27)22(32-10-18)34-13-24(2,12-28)14-34)8-19(11-31-15)33-23(35)16-4-5-30-21(7-16)25(3,26)29/h4-8,10-11H,13-14,29H2,1-3H3,(H,33,35).